The van der Waals surface area contributed by atoms with Crippen LogP contribution in [-0.2, 0) is 9.53 Å². The molecule has 16 heavy (non-hydrogen) atoms. The van der Waals surface area contributed by atoms with Gasteiger partial charge in [0.25, 0.3) is 5.91 Å². The molecule has 1 N–H and O–H groups in total. The zero-order valence-corrected chi connectivity index (χ0v) is 10.2. The molecular formula is C11H10BrNO3. The summed E-state index contributed by atoms with van der Waals surface area (Å²) in [5, 5.41) is 2.67. The molecule has 1 aliphatic rings. The van der Waals surface area contributed by atoms with Crippen LogP contribution >= 0.6 is 15.9 Å². The first-order valence-corrected chi connectivity index (χ1v) is 5.58. The first-order chi connectivity index (χ1) is 7.63. The monoisotopic (exact) mass is 283 g/mol. The van der Waals surface area contributed by atoms with Crippen LogP contribution in [0.2, 0.25) is 0 Å². The number of hydrogen-bond acceptors (Lipinski definition) is 3. The quantitative estimate of drug-likeness (QED) is 0.794. The average Bonchev–Trinajstić information content (AvgIpc) is 2.29. The third-order valence-electron chi connectivity index (χ3n) is 2.59. The summed E-state index contributed by atoms with van der Waals surface area (Å²) in [4.78, 5) is 23.1. The van der Waals surface area contributed by atoms with Gasteiger partial charge in [0.05, 0.1) is 13.0 Å². The Hall–Kier alpha value is -1.36. The van der Waals surface area contributed by atoms with Gasteiger partial charge in [-0.05, 0) is 17.7 Å². The van der Waals surface area contributed by atoms with E-state index in [-0.39, 0.29) is 11.9 Å². The van der Waals surface area contributed by atoms with E-state index in [2.05, 4.69) is 21.2 Å². The van der Waals surface area contributed by atoms with Gasteiger partial charge in [0.15, 0.2) is 0 Å². The summed E-state index contributed by atoms with van der Waals surface area (Å²) in [6, 6.07) is 5.30. The molecule has 84 valence electrons. The van der Waals surface area contributed by atoms with Crippen molar-refractivity contribution in [3.8, 4) is 0 Å². The van der Waals surface area contributed by atoms with Gasteiger partial charge in [-0.25, -0.2) is 0 Å². The number of carbonyl (C=O) groups is 2. The minimum absolute atomic E-state index is 0.156. The van der Waals surface area contributed by atoms with Gasteiger partial charge in [-0.2, -0.15) is 0 Å². The molecule has 0 fully saturated rings. The van der Waals surface area contributed by atoms with Crippen molar-refractivity contribution in [2.24, 2.45) is 0 Å². The number of benzene rings is 1. The van der Waals surface area contributed by atoms with E-state index in [4.69, 9.17) is 4.74 Å². The number of halogens is 1. The second kappa shape index (κ2) is 4.25. The molecule has 1 aliphatic heterocycles. The van der Waals surface area contributed by atoms with Crippen LogP contribution in [0.4, 0.5) is 0 Å². The van der Waals surface area contributed by atoms with Gasteiger partial charge in [-0.3, -0.25) is 9.59 Å². The van der Waals surface area contributed by atoms with E-state index in [1.807, 2.05) is 6.07 Å². The van der Waals surface area contributed by atoms with E-state index in [1.165, 1.54) is 7.11 Å². The number of rotatable bonds is 1. The van der Waals surface area contributed by atoms with E-state index in [9.17, 15) is 9.59 Å². The van der Waals surface area contributed by atoms with Gasteiger partial charge in [-0.15, -0.1) is 0 Å². The number of ether oxygens (including phenoxy) is 1. The zero-order valence-electron chi connectivity index (χ0n) is 8.62. The van der Waals surface area contributed by atoms with E-state index in [1.54, 1.807) is 12.1 Å². The fraction of sp³-hybridized carbons (Fsp3) is 0.273. The van der Waals surface area contributed by atoms with Gasteiger partial charge < -0.3 is 10.1 Å². The molecule has 0 aromatic heterocycles. The van der Waals surface area contributed by atoms with Gasteiger partial charge in [-0.1, -0.05) is 22.0 Å². The maximum atomic E-state index is 11.6. The van der Waals surface area contributed by atoms with Gasteiger partial charge in [0.2, 0.25) is 0 Å². The highest BCUT2D eigenvalue weighted by molar-refractivity contribution is 9.10. The molecule has 0 spiro atoms. The molecule has 0 aliphatic carbocycles. The largest absolute Gasteiger partial charge is 0.468 e. The smallest absolute Gasteiger partial charge is 0.314 e. The molecule has 0 saturated heterocycles. The number of hydrogen-bond donors (Lipinski definition) is 1. The molecular weight excluding hydrogens is 274 g/mol. The molecule has 4 nitrogen and oxygen atoms in total. The summed E-state index contributed by atoms with van der Waals surface area (Å²) in [6.07, 6.45) is 0. The van der Waals surface area contributed by atoms with Crippen molar-refractivity contribution in [3.05, 3.63) is 33.8 Å². The van der Waals surface area contributed by atoms with Crippen LogP contribution in [0.1, 0.15) is 21.8 Å². The molecule has 1 heterocycles. The Morgan fingerprint density at radius 2 is 2.31 bits per heavy atom. The number of esters is 1. The highest BCUT2D eigenvalue weighted by atomic mass is 79.9. The average molecular weight is 284 g/mol. The fourth-order valence-electron chi connectivity index (χ4n) is 1.78. The van der Waals surface area contributed by atoms with Crippen molar-refractivity contribution in [1.29, 1.82) is 0 Å². The van der Waals surface area contributed by atoms with Crippen molar-refractivity contribution in [3.63, 3.8) is 0 Å². The summed E-state index contributed by atoms with van der Waals surface area (Å²) in [5.41, 5.74) is 1.25. The number of fused-ring (bicyclic) bond motifs is 1. The third-order valence-corrected chi connectivity index (χ3v) is 3.08. The zero-order chi connectivity index (χ0) is 11.7. The number of methoxy groups -OCH3 is 1. The van der Waals surface area contributed by atoms with Crippen LogP contribution < -0.4 is 5.32 Å². The highest BCUT2D eigenvalue weighted by Crippen LogP contribution is 2.27. The second-order valence-corrected chi connectivity index (χ2v) is 4.43. The maximum absolute atomic E-state index is 11.6. The molecule has 1 amide bonds. The van der Waals surface area contributed by atoms with Crippen LogP contribution in [0.5, 0.6) is 0 Å². The molecule has 1 unspecified atom stereocenters. The minimum atomic E-state index is -0.411. The van der Waals surface area contributed by atoms with Crippen LogP contribution in [0.25, 0.3) is 0 Å². The van der Waals surface area contributed by atoms with Gasteiger partial charge in [0.1, 0.15) is 0 Å². The Morgan fingerprint density at radius 1 is 1.56 bits per heavy atom. The SMILES string of the molecule is COC(=O)C1CNC(=O)c2cc(Br)ccc21. The van der Waals surface area contributed by atoms with E-state index in [0.717, 1.165) is 10.0 Å². The van der Waals surface area contributed by atoms with Gasteiger partial charge in [0, 0.05) is 16.6 Å². The maximum Gasteiger partial charge on any atom is 0.314 e. The lowest BCUT2D eigenvalue weighted by Gasteiger charge is -2.23. The first-order valence-electron chi connectivity index (χ1n) is 4.79. The Balaban J connectivity index is 2.48. The summed E-state index contributed by atoms with van der Waals surface area (Å²) in [7, 11) is 1.34. The Morgan fingerprint density at radius 3 is 3.00 bits per heavy atom. The van der Waals surface area contributed by atoms with Crippen molar-refractivity contribution in [2.75, 3.05) is 13.7 Å². The molecule has 0 radical (unpaired) electrons. The van der Waals surface area contributed by atoms with E-state index < -0.39 is 5.92 Å². The minimum Gasteiger partial charge on any atom is -0.468 e. The Kier molecular flexibility index (Phi) is 2.96. The van der Waals surface area contributed by atoms with Crippen molar-refractivity contribution >= 4 is 27.8 Å². The lowest BCUT2D eigenvalue weighted by molar-refractivity contribution is -0.142. The Bertz CT molecular complexity index is 459. The van der Waals surface area contributed by atoms with E-state index in [0.29, 0.717) is 12.1 Å². The van der Waals surface area contributed by atoms with Crippen molar-refractivity contribution in [2.45, 2.75) is 5.92 Å². The topological polar surface area (TPSA) is 55.4 Å². The number of nitrogens with one attached hydrogen (secondary N) is 1. The molecule has 1 aromatic carbocycles. The summed E-state index contributed by atoms with van der Waals surface area (Å²) < 4.78 is 5.52. The predicted octanol–water partition coefficient (Wildman–Crippen LogP) is 1.45. The summed E-state index contributed by atoms with van der Waals surface area (Å²) in [5.74, 6) is -0.897. The number of carbonyl (C=O) groups excluding carboxylic acids is 2. The van der Waals surface area contributed by atoms with Crippen molar-refractivity contribution in [1.82, 2.24) is 5.32 Å². The lowest BCUT2D eigenvalue weighted by Crippen LogP contribution is -2.38. The van der Waals surface area contributed by atoms with Crippen LogP contribution in [0.15, 0.2) is 22.7 Å². The normalized spacial score (nSPS) is 18.6. The first kappa shape index (κ1) is 11.1. The van der Waals surface area contributed by atoms with Crippen LogP contribution in [-0.4, -0.2) is 25.5 Å². The summed E-state index contributed by atoms with van der Waals surface area (Å²) >= 11 is 3.30. The fourth-order valence-corrected chi connectivity index (χ4v) is 2.14. The van der Waals surface area contributed by atoms with E-state index >= 15 is 0 Å². The van der Waals surface area contributed by atoms with Gasteiger partial charge >= 0.3 is 5.97 Å². The predicted molar refractivity (Wildman–Crippen MR) is 61.2 cm³/mol. The summed E-state index contributed by atoms with van der Waals surface area (Å²) in [6.45, 7) is 0.292. The molecule has 5 heteroatoms. The third kappa shape index (κ3) is 1.82. The molecule has 2 rings (SSSR count). The van der Waals surface area contributed by atoms with Crippen LogP contribution in [0, 0.1) is 0 Å². The Labute approximate surface area is 101 Å². The van der Waals surface area contributed by atoms with Crippen LogP contribution in [0.3, 0.4) is 0 Å². The highest BCUT2D eigenvalue weighted by Gasteiger charge is 2.30. The molecule has 1 aromatic rings. The molecule has 0 saturated carbocycles. The lowest BCUT2D eigenvalue weighted by atomic mass is 9.90. The number of amides is 1. The second-order valence-electron chi connectivity index (χ2n) is 3.52. The molecule has 0 bridgehead atoms. The standard InChI is InChI=1S/C11H10BrNO3/c1-16-11(15)9-5-13-10(14)8-4-6(12)2-3-7(8)9/h2-4,9H,5H2,1H3,(H,13,14). The molecule has 1 atom stereocenters. The van der Waals surface area contributed by atoms with Crippen molar-refractivity contribution < 1.29 is 14.3 Å².